The molecule has 0 saturated heterocycles. The molecule has 0 aliphatic carbocycles. The first kappa shape index (κ1) is 16.0. The molecule has 0 bridgehead atoms. The van der Waals surface area contributed by atoms with Gasteiger partial charge in [-0.3, -0.25) is 4.79 Å². The highest BCUT2D eigenvalue weighted by molar-refractivity contribution is 5.76. The van der Waals surface area contributed by atoms with Gasteiger partial charge in [0.1, 0.15) is 0 Å². The van der Waals surface area contributed by atoms with Crippen LogP contribution in [0.1, 0.15) is 53.4 Å². The molecule has 0 aliphatic heterocycles. The Balaban J connectivity index is 3.92. The van der Waals surface area contributed by atoms with Gasteiger partial charge in [-0.1, -0.05) is 38.2 Å². The second kappa shape index (κ2) is 10.1. The Hall–Kier alpha value is -1.05. The minimum atomic E-state index is 0.232. The SMILES string of the molecule is CC/C=C\CC/C=C/CN(C(=O)CC)C(C)C. The highest BCUT2D eigenvalue weighted by Gasteiger charge is 2.12. The van der Waals surface area contributed by atoms with Gasteiger partial charge in [0.15, 0.2) is 0 Å². The predicted octanol–water partition coefficient (Wildman–Crippen LogP) is 3.94. The lowest BCUT2D eigenvalue weighted by atomic mass is 10.2. The third-order valence-corrected chi connectivity index (χ3v) is 2.62. The number of hydrogen-bond donors (Lipinski definition) is 0. The molecule has 0 radical (unpaired) electrons. The van der Waals surface area contributed by atoms with E-state index in [1.807, 2.05) is 11.8 Å². The van der Waals surface area contributed by atoms with Crippen LogP contribution < -0.4 is 0 Å². The van der Waals surface area contributed by atoms with Gasteiger partial charge in [0.25, 0.3) is 0 Å². The van der Waals surface area contributed by atoms with Crippen LogP contribution in [0.3, 0.4) is 0 Å². The summed E-state index contributed by atoms with van der Waals surface area (Å²) in [6, 6.07) is 0.284. The average Bonchev–Trinajstić information content (AvgIpc) is 2.31. The molecule has 0 aliphatic rings. The molecule has 98 valence electrons. The van der Waals surface area contributed by atoms with Crippen molar-refractivity contribution < 1.29 is 4.79 Å². The molecule has 0 unspecified atom stereocenters. The van der Waals surface area contributed by atoms with Crippen molar-refractivity contribution in [1.29, 1.82) is 0 Å². The van der Waals surface area contributed by atoms with Crippen molar-refractivity contribution in [3.63, 3.8) is 0 Å². The van der Waals surface area contributed by atoms with E-state index in [-0.39, 0.29) is 11.9 Å². The van der Waals surface area contributed by atoms with Crippen LogP contribution in [0.4, 0.5) is 0 Å². The quantitative estimate of drug-likeness (QED) is 0.462. The molecule has 2 nitrogen and oxygen atoms in total. The van der Waals surface area contributed by atoms with E-state index in [2.05, 4.69) is 45.1 Å². The van der Waals surface area contributed by atoms with E-state index in [0.717, 1.165) is 25.8 Å². The summed E-state index contributed by atoms with van der Waals surface area (Å²) in [6.07, 6.45) is 12.5. The summed E-state index contributed by atoms with van der Waals surface area (Å²) in [5.74, 6) is 0.232. The lowest BCUT2D eigenvalue weighted by Gasteiger charge is -2.24. The molecule has 0 aromatic rings. The Kier molecular flexibility index (Phi) is 9.50. The molecule has 0 saturated carbocycles. The zero-order valence-corrected chi connectivity index (χ0v) is 11.8. The van der Waals surface area contributed by atoms with E-state index < -0.39 is 0 Å². The van der Waals surface area contributed by atoms with E-state index in [9.17, 15) is 4.79 Å². The van der Waals surface area contributed by atoms with Crippen LogP contribution in [-0.4, -0.2) is 23.4 Å². The molecular weight excluding hydrogens is 210 g/mol. The molecule has 17 heavy (non-hydrogen) atoms. The van der Waals surface area contributed by atoms with Gasteiger partial charge in [-0.2, -0.15) is 0 Å². The van der Waals surface area contributed by atoms with Crippen molar-refractivity contribution in [2.75, 3.05) is 6.54 Å². The molecular formula is C15H27NO. The number of unbranched alkanes of at least 4 members (excludes halogenated alkanes) is 1. The zero-order chi connectivity index (χ0) is 13.1. The van der Waals surface area contributed by atoms with Gasteiger partial charge in [0.05, 0.1) is 0 Å². The molecule has 0 atom stereocenters. The Bertz CT molecular complexity index is 254. The number of carbonyl (C=O) groups excluding carboxylic acids is 1. The first-order valence-corrected chi connectivity index (χ1v) is 6.72. The fraction of sp³-hybridized carbons (Fsp3) is 0.667. The van der Waals surface area contributed by atoms with Crippen molar-refractivity contribution in [2.45, 2.75) is 59.4 Å². The molecule has 1 amide bonds. The summed E-state index contributed by atoms with van der Waals surface area (Å²) in [4.78, 5) is 13.6. The molecule has 0 aromatic heterocycles. The second-order valence-corrected chi connectivity index (χ2v) is 4.42. The largest absolute Gasteiger partial charge is 0.337 e. The maximum absolute atomic E-state index is 11.6. The van der Waals surface area contributed by atoms with E-state index in [0.29, 0.717) is 6.42 Å². The number of hydrogen-bond acceptors (Lipinski definition) is 1. The normalized spacial score (nSPS) is 11.8. The highest BCUT2D eigenvalue weighted by Crippen LogP contribution is 2.02. The van der Waals surface area contributed by atoms with Crippen LogP contribution in [0, 0.1) is 0 Å². The van der Waals surface area contributed by atoms with Gasteiger partial charge in [0, 0.05) is 19.0 Å². The van der Waals surface area contributed by atoms with Gasteiger partial charge in [-0.25, -0.2) is 0 Å². The van der Waals surface area contributed by atoms with Crippen LogP contribution >= 0.6 is 0 Å². The summed E-state index contributed by atoms with van der Waals surface area (Å²) in [7, 11) is 0. The second-order valence-electron chi connectivity index (χ2n) is 4.42. The van der Waals surface area contributed by atoms with Gasteiger partial charge in [-0.05, 0) is 33.1 Å². The summed E-state index contributed by atoms with van der Waals surface area (Å²) < 4.78 is 0. The number of carbonyl (C=O) groups is 1. The van der Waals surface area contributed by atoms with Crippen LogP contribution in [0.25, 0.3) is 0 Å². The van der Waals surface area contributed by atoms with Crippen molar-refractivity contribution in [2.24, 2.45) is 0 Å². The van der Waals surface area contributed by atoms with E-state index in [1.165, 1.54) is 0 Å². The molecule has 0 N–H and O–H groups in total. The van der Waals surface area contributed by atoms with Crippen LogP contribution in [0.2, 0.25) is 0 Å². The summed E-state index contributed by atoms with van der Waals surface area (Å²) >= 11 is 0. The fourth-order valence-corrected chi connectivity index (χ4v) is 1.59. The van der Waals surface area contributed by atoms with E-state index >= 15 is 0 Å². The fourth-order valence-electron chi connectivity index (χ4n) is 1.59. The molecule has 0 fully saturated rings. The first-order valence-electron chi connectivity index (χ1n) is 6.72. The van der Waals surface area contributed by atoms with Gasteiger partial charge >= 0.3 is 0 Å². The lowest BCUT2D eigenvalue weighted by Crippen LogP contribution is -2.36. The first-order chi connectivity index (χ1) is 8.13. The Labute approximate surface area is 106 Å². The Morgan fingerprint density at radius 3 is 2.12 bits per heavy atom. The summed E-state index contributed by atoms with van der Waals surface area (Å²) in [6.45, 7) is 8.92. The monoisotopic (exact) mass is 237 g/mol. The molecule has 0 spiro atoms. The maximum atomic E-state index is 11.6. The van der Waals surface area contributed by atoms with Crippen molar-refractivity contribution in [1.82, 2.24) is 4.90 Å². The minimum Gasteiger partial charge on any atom is -0.337 e. The molecule has 2 heteroatoms. The van der Waals surface area contributed by atoms with Crippen molar-refractivity contribution in [3.8, 4) is 0 Å². The number of rotatable bonds is 8. The molecule has 0 aromatic carbocycles. The third kappa shape index (κ3) is 7.78. The van der Waals surface area contributed by atoms with E-state index in [4.69, 9.17) is 0 Å². The number of allylic oxidation sites excluding steroid dienone is 3. The Morgan fingerprint density at radius 1 is 1.06 bits per heavy atom. The summed E-state index contributed by atoms with van der Waals surface area (Å²) in [5.41, 5.74) is 0. The van der Waals surface area contributed by atoms with Crippen molar-refractivity contribution in [3.05, 3.63) is 24.3 Å². The van der Waals surface area contributed by atoms with Gasteiger partial charge < -0.3 is 4.90 Å². The lowest BCUT2D eigenvalue weighted by molar-refractivity contribution is -0.131. The van der Waals surface area contributed by atoms with Crippen molar-refractivity contribution >= 4 is 5.91 Å². The van der Waals surface area contributed by atoms with Gasteiger partial charge in [0.2, 0.25) is 5.91 Å². The Morgan fingerprint density at radius 2 is 1.65 bits per heavy atom. The zero-order valence-electron chi connectivity index (χ0n) is 11.8. The van der Waals surface area contributed by atoms with Crippen LogP contribution in [-0.2, 0) is 4.79 Å². The molecule has 0 heterocycles. The van der Waals surface area contributed by atoms with Gasteiger partial charge in [-0.15, -0.1) is 0 Å². The number of amides is 1. The topological polar surface area (TPSA) is 20.3 Å². The van der Waals surface area contributed by atoms with E-state index in [1.54, 1.807) is 0 Å². The molecule has 0 rings (SSSR count). The minimum absolute atomic E-state index is 0.232. The summed E-state index contributed by atoms with van der Waals surface area (Å²) in [5, 5.41) is 0. The van der Waals surface area contributed by atoms with Crippen LogP contribution in [0.5, 0.6) is 0 Å². The number of nitrogens with zero attached hydrogens (tertiary/aromatic N) is 1. The predicted molar refractivity (Wildman–Crippen MR) is 74.9 cm³/mol. The average molecular weight is 237 g/mol. The van der Waals surface area contributed by atoms with Crippen LogP contribution in [0.15, 0.2) is 24.3 Å². The standard InChI is InChI=1S/C15H27NO/c1-5-7-8-9-10-11-12-13-16(14(3)4)15(17)6-2/h7-8,11-12,14H,5-6,9-10,13H2,1-4H3/b8-7-,12-11+. The maximum Gasteiger partial charge on any atom is 0.222 e. The third-order valence-electron chi connectivity index (χ3n) is 2.62. The smallest absolute Gasteiger partial charge is 0.222 e. The highest BCUT2D eigenvalue weighted by atomic mass is 16.2.